The van der Waals surface area contributed by atoms with Gasteiger partial charge in [-0.05, 0) is 37.2 Å². The molecule has 0 aromatic heterocycles. The first-order valence-electron chi connectivity index (χ1n) is 7.35. The molecule has 2 N–H and O–H groups in total. The van der Waals surface area contributed by atoms with E-state index in [0.717, 1.165) is 18.4 Å². The van der Waals surface area contributed by atoms with Gasteiger partial charge in [0.15, 0.2) is 5.54 Å². The molecule has 0 aliphatic heterocycles. The molecule has 4 nitrogen and oxygen atoms in total. The van der Waals surface area contributed by atoms with Crippen molar-refractivity contribution in [3.63, 3.8) is 0 Å². The third-order valence-corrected chi connectivity index (χ3v) is 4.03. The molecule has 108 valence electrons. The Hall–Kier alpha value is -1.39. The van der Waals surface area contributed by atoms with Crippen molar-refractivity contribution < 1.29 is 14.6 Å². The molecule has 20 heavy (non-hydrogen) atoms. The van der Waals surface area contributed by atoms with E-state index in [4.69, 9.17) is 4.74 Å². The van der Waals surface area contributed by atoms with E-state index < -0.39 is 11.5 Å². The Bertz CT molecular complexity index is 468. The van der Waals surface area contributed by atoms with Crippen LogP contribution in [0, 0.1) is 5.92 Å². The molecule has 2 saturated carbocycles. The van der Waals surface area contributed by atoms with E-state index >= 15 is 0 Å². The van der Waals surface area contributed by atoms with Crippen molar-refractivity contribution in [3.05, 3.63) is 35.9 Å². The van der Waals surface area contributed by atoms with E-state index in [1.54, 1.807) is 0 Å². The largest absolute Gasteiger partial charge is 0.480 e. The van der Waals surface area contributed by atoms with Crippen LogP contribution in [0.1, 0.15) is 31.2 Å². The smallest absolute Gasteiger partial charge is 0.331 e. The first kappa shape index (κ1) is 13.6. The summed E-state index contributed by atoms with van der Waals surface area (Å²) in [5.41, 5.74) is -0.340. The summed E-state index contributed by atoms with van der Waals surface area (Å²) in [5, 5.41) is 13.1. The van der Waals surface area contributed by atoms with Gasteiger partial charge in [-0.25, -0.2) is 4.79 Å². The molecule has 0 radical (unpaired) electrons. The second-order valence-electron chi connectivity index (χ2n) is 5.95. The number of aliphatic carboxylic acids is 1. The number of hydrogen-bond donors (Lipinski definition) is 2. The van der Waals surface area contributed by atoms with Gasteiger partial charge < -0.3 is 9.84 Å². The third kappa shape index (κ3) is 3.02. The average Bonchev–Trinajstić information content (AvgIpc) is 3.34. The van der Waals surface area contributed by atoms with Crippen LogP contribution in [0.2, 0.25) is 0 Å². The van der Waals surface area contributed by atoms with Crippen LogP contribution < -0.4 is 5.32 Å². The lowest BCUT2D eigenvalue weighted by Crippen LogP contribution is -2.53. The zero-order valence-corrected chi connectivity index (χ0v) is 11.5. The summed E-state index contributed by atoms with van der Waals surface area (Å²) in [4.78, 5) is 11.9. The summed E-state index contributed by atoms with van der Waals surface area (Å²) in [6.45, 7) is 0.869. The van der Waals surface area contributed by atoms with Gasteiger partial charge in [0.1, 0.15) is 0 Å². The number of carboxylic acid groups (broad SMARTS) is 1. The first-order chi connectivity index (χ1) is 9.71. The van der Waals surface area contributed by atoms with Gasteiger partial charge in [0.2, 0.25) is 0 Å². The summed E-state index contributed by atoms with van der Waals surface area (Å²) in [6.07, 6.45) is 4.51. The van der Waals surface area contributed by atoms with Crippen LogP contribution in [0.3, 0.4) is 0 Å². The quantitative estimate of drug-likeness (QED) is 0.763. The Labute approximate surface area is 119 Å². The number of rotatable bonds is 8. The molecule has 3 rings (SSSR count). The molecule has 1 unspecified atom stereocenters. The zero-order chi connectivity index (χ0) is 14.0. The summed E-state index contributed by atoms with van der Waals surface area (Å²) in [7, 11) is 0. The Balaban J connectivity index is 1.79. The molecule has 1 aromatic carbocycles. The number of carbonyl (C=O) groups is 1. The predicted octanol–water partition coefficient (Wildman–Crippen LogP) is 2.15. The van der Waals surface area contributed by atoms with Crippen LogP contribution in [0.15, 0.2) is 30.3 Å². The lowest BCUT2D eigenvalue weighted by atomic mass is 9.90. The average molecular weight is 275 g/mol. The second kappa shape index (κ2) is 5.54. The van der Waals surface area contributed by atoms with Gasteiger partial charge in [-0.15, -0.1) is 0 Å². The summed E-state index contributed by atoms with van der Waals surface area (Å²) in [5.74, 6) is -0.218. The van der Waals surface area contributed by atoms with Crippen molar-refractivity contribution in [1.29, 1.82) is 0 Å². The van der Waals surface area contributed by atoms with Crippen molar-refractivity contribution in [1.82, 2.24) is 5.32 Å². The molecule has 0 spiro atoms. The third-order valence-electron chi connectivity index (χ3n) is 4.03. The molecule has 1 atom stereocenters. The van der Waals surface area contributed by atoms with Gasteiger partial charge in [-0.1, -0.05) is 30.3 Å². The SMILES string of the molecule is O=C(O)C(COCC1CC1)(NC1CC1)c1ccccc1. The Kier molecular flexibility index (Phi) is 3.76. The van der Waals surface area contributed by atoms with Crippen LogP contribution in [-0.2, 0) is 15.1 Å². The summed E-state index contributed by atoms with van der Waals surface area (Å²) < 4.78 is 5.72. The highest BCUT2D eigenvalue weighted by Crippen LogP contribution is 2.32. The molecular formula is C16H21NO3. The van der Waals surface area contributed by atoms with Crippen LogP contribution in [0.4, 0.5) is 0 Å². The minimum absolute atomic E-state index is 0.194. The number of ether oxygens (including phenoxy) is 1. The highest BCUT2D eigenvalue weighted by molar-refractivity contribution is 5.81. The van der Waals surface area contributed by atoms with Crippen molar-refractivity contribution in [3.8, 4) is 0 Å². The van der Waals surface area contributed by atoms with Crippen molar-refractivity contribution in [2.45, 2.75) is 37.3 Å². The van der Waals surface area contributed by atoms with E-state index in [1.807, 2.05) is 30.3 Å². The van der Waals surface area contributed by atoms with E-state index in [9.17, 15) is 9.90 Å². The lowest BCUT2D eigenvalue weighted by Gasteiger charge is -2.31. The minimum Gasteiger partial charge on any atom is -0.480 e. The van der Waals surface area contributed by atoms with Crippen LogP contribution >= 0.6 is 0 Å². The molecule has 0 saturated heterocycles. The molecular weight excluding hydrogens is 254 g/mol. The van der Waals surface area contributed by atoms with E-state index in [2.05, 4.69) is 5.32 Å². The summed E-state index contributed by atoms with van der Waals surface area (Å²) >= 11 is 0. The normalized spacial score (nSPS) is 21.4. The maximum Gasteiger partial charge on any atom is 0.331 e. The van der Waals surface area contributed by atoms with Gasteiger partial charge >= 0.3 is 5.97 Å². The van der Waals surface area contributed by atoms with Gasteiger partial charge in [0.05, 0.1) is 6.61 Å². The maximum atomic E-state index is 11.9. The monoisotopic (exact) mass is 275 g/mol. The number of benzene rings is 1. The van der Waals surface area contributed by atoms with E-state index in [1.165, 1.54) is 12.8 Å². The minimum atomic E-state index is -1.11. The standard InChI is InChI=1S/C16H21NO3/c18-15(19)16(17-14-8-9-14,11-20-10-12-6-7-12)13-4-2-1-3-5-13/h1-5,12,14,17H,6-11H2,(H,18,19). The van der Waals surface area contributed by atoms with Gasteiger partial charge in [-0.2, -0.15) is 0 Å². The fraction of sp³-hybridized carbons (Fsp3) is 0.562. The summed E-state index contributed by atoms with van der Waals surface area (Å²) in [6, 6.07) is 9.69. The van der Waals surface area contributed by atoms with Gasteiger partial charge in [0.25, 0.3) is 0 Å². The molecule has 2 fully saturated rings. The first-order valence-corrected chi connectivity index (χ1v) is 7.35. The number of carboxylic acids is 1. The second-order valence-corrected chi connectivity index (χ2v) is 5.95. The molecule has 0 bridgehead atoms. The Morgan fingerprint density at radius 3 is 2.50 bits per heavy atom. The van der Waals surface area contributed by atoms with Crippen LogP contribution in [0.25, 0.3) is 0 Å². The molecule has 2 aliphatic rings. The molecule has 2 aliphatic carbocycles. The fourth-order valence-corrected chi connectivity index (χ4v) is 2.42. The molecule has 4 heteroatoms. The zero-order valence-electron chi connectivity index (χ0n) is 11.5. The topological polar surface area (TPSA) is 58.6 Å². The number of nitrogens with one attached hydrogen (secondary N) is 1. The molecule has 1 aromatic rings. The highest BCUT2D eigenvalue weighted by Gasteiger charge is 2.44. The van der Waals surface area contributed by atoms with Crippen molar-refractivity contribution in [2.75, 3.05) is 13.2 Å². The Morgan fingerprint density at radius 2 is 1.95 bits per heavy atom. The van der Waals surface area contributed by atoms with Crippen LogP contribution in [-0.4, -0.2) is 30.3 Å². The number of hydrogen-bond acceptors (Lipinski definition) is 3. The van der Waals surface area contributed by atoms with E-state index in [-0.39, 0.29) is 6.61 Å². The molecule has 0 heterocycles. The molecule has 0 amide bonds. The maximum absolute atomic E-state index is 11.9. The fourth-order valence-electron chi connectivity index (χ4n) is 2.42. The van der Waals surface area contributed by atoms with Gasteiger partial charge in [-0.3, -0.25) is 5.32 Å². The van der Waals surface area contributed by atoms with Crippen molar-refractivity contribution in [2.24, 2.45) is 5.92 Å². The highest BCUT2D eigenvalue weighted by atomic mass is 16.5. The van der Waals surface area contributed by atoms with E-state index in [0.29, 0.717) is 18.6 Å². The van der Waals surface area contributed by atoms with Crippen LogP contribution in [0.5, 0.6) is 0 Å². The predicted molar refractivity (Wildman–Crippen MR) is 75.5 cm³/mol. The Morgan fingerprint density at radius 1 is 1.25 bits per heavy atom. The van der Waals surface area contributed by atoms with Gasteiger partial charge in [0, 0.05) is 12.6 Å². The lowest BCUT2D eigenvalue weighted by molar-refractivity contribution is -0.148. The van der Waals surface area contributed by atoms with Crippen molar-refractivity contribution >= 4 is 5.97 Å².